The van der Waals surface area contributed by atoms with E-state index < -0.39 is 160 Å². The molecule has 3 amide bonds. The van der Waals surface area contributed by atoms with Gasteiger partial charge in [0.05, 0.1) is 25.9 Å². The molecule has 0 saturated carbocycles. The van der Waals surface area contributed by atoms with Crippen LogP contribution in [0.4, 0.5) is 0 Å². The van der Waals surface area contributed by atoms with Gasteiger partial charge >= 0.3 is 0 Å². The van der Waals surface area contributed by atoms with E-state index >= 15 is 0 Å². The molecule has 0 aliphatic carbocycles. The standard InChI is InChI=1S/C30H51N3O20/c1-8-18(39)26(17(33-11(4)38)29(48-8)52-25-16(32-10(3)37)27(46)49-13(6-35)21(25)42)53-28-15(31-9(2)36)22(43)20(41)14(51-28)7-47-30-24(45)23(44)19(40)12(5-34)50-30/h8,12-30,34-35,39-46H,5-7H2,1-4H3,(H,31,36)(H,32,37)(H,33,38)/t8-,12+,13+,14+,15+,16+,17-,18+,19+,20+,21+,22+,23-,24+,25+,26-,27+,28+,29-,30+/m0/s1. The Labute approximate surface area is 302 Å². The number of carbonyl (C=O) groups excluding carboxylic acids is 3. The van der Waals surface area contributed by atoms with Crippen molar-refractivity contribution in [3.05, 3.63) is 0 Å². The second-order valence-electron chi connectivity index (χ2n) is 13.4. The number of nitrogens with one attached hydrogen (secondary N) is 3. The van der Waals surface area contributed by atoms with Crippen LogP contribution in [0.25, 0.3) is 0 Å². The molecule has 0 radical (unpaired) electrons. The smallest absolute Gasteiger partial charge is 0.217 e. The Morgan fingerprint density at radius 1 is 0.528 bits per heavy atom. The highest BCUT2D eigenvalue weighted by molar-refractivity contribution is 5.74. The van der Waals surface area contributed by atoms with Crippen molar-refractivity contribution in [2.75, 3.05) is 19.8 Å². The highest BCUT2D eigenvalue weighted by Crippen LogP contribution is 2.33. The highest BCUT2D eigenvalue weighted by Gasteiger charge is 2.54. The average Bonchev–Trinajstić information content (AvgIpc) is 3.09. The van der Waals surface area contributed by atoms with Gasteiger partial charge in [0, 0.05) is 20.8 Å². The lowest BCUT2D eigenvalue weighted by Gasteiger charge is -2.50. The summed E-state index contributed by atoms with van der Waals surface area (Å²) in [6, 6.07) is -4.46. The molecule has 0 aromatic carbocycles. The van der Waals surface area contributed by atoms with Crippen molar-refractivity contribution in [2.24, 2.45) is 0 Å². The zero-order valence-electron chi connectivity index (χ0n) is 29.2. The van der Waals surface area contributed by atoms with Crippen LogP contribution in [-0.2, 0) is 47.5 Å². The number of amides is 3. The van der Waals surface area contributed by atoms with Crippen molar-refractivity contribution < 1.29 is 98.6 Å². The van der Waals surface area contributed by atoms with Crippen LogP contribution in [0.3, 0.4) is 0 Å². The summed E-state index contributed by atoms with van der Waals surface area (Å²) < 4.78 is 40.0. The van der Waals surface area contributed by atoms with E-state index in [0.717, 1.165) is 20.8 Å². The van der Waals surface area contributed by atoms with Crippen molar-refractivity contribution in [2.45, 2.75) is 150 Å². The predicted octanol–water partition coefficient (Wildman–Crippen LogP) is -8.29. The fraction of sp³-hybridized carbons (Fsp3) is 0.900. The van der Waals surface area contributed by atoms with Gasteiger partial charge in [-0.3, -0.25) is 14.4 Å². The summed E-state index contributed by atoms with van der Waals surface area (Å²) >= 11 is 0. The topological polar surface area (TPSA) is 354 Å². The first-order chi connectivity index (χ1) is 24.9. The molecule has 0 spiro atoms. The maximum absolute atomic E-state index is 12.5. The van der Waals surface area contributed by atoms with Crippen LogP contribution >= 0.6 is 0 Å². The largest absolute Gasteiger partial charge is 0.394 e. The number of ether oxygens (including phenoxy) is 7. The molecule has 4 heterocycles. The maximum atomic E-state index is 12.5. The van der Waals surface area contributed by atoms with Gasteiger partial charge in [-0.15, -0.1) is 0 Å². The minimum Gasteiger partial charge on any atom is -0.394 e. The molecule has 4 rings (SSSR count). The van der Waals surface area contributed by atoms with Gasteiger partial charge in [-0.25, -0.2) is 0 Å². The zero-order valence-corrected chi connectivity index (χ0v) is 29.2. The van der Waals surface area contributed by atoms with Crippen LogP contribution in [0.1, 0.15) is 27.7 Å². The summed E-state index contributed by atoms with van der Waals surface area (Å²) in [5, 5.41) is 112. The fourth-order valence-electron chi connectivity index (χ4n) is 6.59. The first kappa shape index (κ1) is 43.5. The van der Waals surface area contributed by atoms with Crippen LogP contribution in [-0.4, -0.2) is 211 Å². The van der Waals surface area contributed by atoms with Crippen LogP contribution in [0.5, 0.6) is 0 Å². The summed E-state index contributed by atoms with van der Waals surface area (Å²) in [6.45, 7) is 2.51. The molecule has 306 valence electrons. The van der Waals surface area contributed by atoms with Crippen LogP contribution in [0.15, 0.2) is 0 Å². The summed E-state index contributed by atoms with van der Waals surface area (Å²) in [5.41, 5.74) is 0. The van der Waals surface area contributed by atoms with Gasteiger partial charge in [-0.2, -0.15) is 0 Å². The third-order valence-corrected chi connectivity index (χ3v) is 9.35. The number of aliphatic hydroxyl groups excluding tert-OH is 10. The van der Waals surface area contributed by atoms with E-state index in [0.29, 0.717) is 0 Å². The molecule has 4 aliphatic heterocycles. The molecule has 0 unspecified atom stereocenters. The third-order valence-electron chi connectivity index (χ3n) is 9.35. The minimum absolute atomic E-state index is 0.654. The molecule has 23 heteroatoms. The summed E-state index contributed by atoms with van der Waals surface area (Å²) in [7, 11) is 0. The first-order valence-corrected chi connectivity index (χ1v) is 16.9. The molecule has 13 N–H and O–H groups in total. The fourth-order valence-corrected chi connectivity index (χ4v) is 6.59. The molecular weight excluding hydrogens is 722 g/mol. The van der Waals surface area contributed by atoms with Gasteiger partial charge in [0.25, 0.3) is 0 Å². The van der Waals surface area contributed by atoms with E-state index in [1.807, 2.05) is 0 Å². The van der Waals surface area contributed by atoms with E-state index in [1.54, 1.807) is 0 Å². The molecule has 20 atom stereocenters. The van der Waals surface area contributed by atoms with Gasteiger partial charge in [-0.05, 0) is 6.92 Å². The molecule has 0 aromatic rings. The second kappa shape index (κ2) is 18.6. The number of hydrogen-bond acceptors (Lipinski definition) is 20. The van der Waals surface area contributed by atoms with E-state index in [4.69, 9.17) is 33.2 Å². The van der Waals surface area contributed by atoms with Crippen molar-refractivity contribution in [3.63, 3.8) is 0 Å². The monoisotopic (exact) mass is 773 g/mol. The Balaban J connectivity index is 1.62. The lowest BCUT2D eigenvalue weighted by molar-refractivity contribution is -0.349. The third kappa shape index (κ3) is 9.95. The Kier molecular flexibility index (Phi) is 15.2. The van der Waals surface area contributed by atoms with Crippen LogP contribution in [0.2, 0.25) is 0 Å². The van der Waals surface area contributed by atoms with Crippen molar-refractivity contribution >= 4 is 17.7 Å². The summed E-state index contributed by atoms with van der Waals surface area (Å²) in [5.74, 6) is -2.06. The van der Waals surface area contributed by atoms with Gasteiger partial charge in [0.15, 0.2) is 25.2 Å². The second-order valence-corrected chi connectivity index (χ2v) is 13.4. The molecular formula is C30H51N3O20. The number of hydrogen-bond donors (Lipinski definition) is 13. The van der Waals surface area contributed by atoms with Crippen molar-refractivity contribution in [1.29, 1.82) is 0 Å². The highest BCUT2D eigenvalue weighted by atomic mass is 16.7. The van der Waals surface area contributed by atoms with E-state index in [1.165, 1.54) is 6.92 Å². The van der Waals surface area contributed by atoms with Gasteiger partial charge in [0.1, 0.15) is 91.4 Å². The Hall–Kier alpha value is -2.27. The molecule has 23 nitrogen and oxygen atoms in total. The minimum atomic E-state index is -1.84. The first-order valence-electron chi connectivity index (χ1n) is 16.9. The van der Waals surface area contributed by atoms with E-state index in [-0.39, 0.29) is 0 Å². The lowest BCUT2D eigenvalue weighted by atomic mass is 9.93. The van der Waals surface area contributed by atoms with Gasteiger partial charge < -0.3 is 100 Å². The SMILES string of the molecule is CC(=O)N[C@@H]1[C@H](O[C@H]2[C@H](O)[C@@H](CO)O[C@@H](O)[C@@H]2NC(C)=O)O[C@@H](C)[C@@H](O)[C@H]1O[C@H]1O[C@H](CO[C@@H]2O[C@H](CO)[C@@H](O)[C@H](O)[C@H]2O)[C@@H](O)[C@H](O)[C@H]1NC(C)=O. The zero-order chi connectivity index (χ0) is 39.5. The average molecular weight is 774 g/mol. The lowest BCUT2D eigenvalue weighted by Crippen LogP contribution is -2.71. The van der Waals surface area contributed by atoms with Crippen molar-refractivity contribution in [3.8, 4) is 0 Å². The molecule has 4 fully saturated rings. The molecule has 0 bridgehead atoms. The molecule has 53 heavy (non-hydrogen) atoms. The number of rotatable bonds is 12. The van der Waals surface area contributed by atoms with E-state index in [2.05, 4.69) is 16.0 Å². The maximum Gasteiger partial charge on any atom is 0.217 e. The molecule has 4 saturated heterocycles. The quantitative estimate of drug-likeness (QED) is 0.0875. The summed E-state index contributed by atoms with van der Waals surface area (Å²) in [6.07, 6.45) is -27.6. The Bertz CT molecular complexity index is 1240. The number of aliphatic hydroxyl groups is 10. The number of carbonyl (C=O) groups is 3. The Morgan fingerprint density at radius 3 is 1.57 bits per heavy atom. The molecule has 4 aliphatic rings. The van der Waals surface area contributed by atoms with Crippen LogP contribution < -0.4 is 16.0 Å². The normalized spacial score (nSPS) is 46.3. The Morgan fingerprint density at radius 2 is 1.00 bits per heavy atom. The van der Waals surface area contributed by atoms with Gasteiger partial charge in [0.2, 0.25) is 17.7 Å². The molecule has 0 aromatic heterocycles. The summed E-state index contributed by atoms with van der Waals surface area (Å²) in [4.78, 5) is 36.7. The van der Waals surface area contributed by atoms with Crippen molar-refractivity contribution in [1.82, 2.24) is 16.0 Å². The van der Waals surface area contributed by atoms with Gasteiger partial charge in [-0.1, -0.05) is 0 Å². The van der Waals surface area contributed by atoms with Crippen LogP contribution in [0, 0.1) is 0 Å². The predicted molar refractivity (Wildman–Crippen MR) is 167 cm³/mol. The van der Waals surface area contributed by atoms with E-state index in [9.17, 15) is 65.4 Å².